The highest BCUT2D eigenvalue weighted by Crippen LogP contribution is 2.20. The Morgan fingerprint density at radius 1 is 1.09 bits per heavy atom. The summed E-state index contributed by atoms with van der Waals surface area (Å²) in [4.78, 5) is 18.8. The van der Waals surface area contributed by atoms with Gasteiger partial charge < -0.3 is 4.90 Å². The maximum atomic E-state index is 13.2. The van der Waals surface area contributed by atoms with E-state index in [0.717, 1.165) is 30.8 Å². The maximum absolute atomic E-state index is 13.2. The molecular formula is C23H24ClN7O. The standard InChI is InChI=1S/C23H24ClN7O/c1-2-21(31-27-22(26-28-31)19-7-9-20(24)10-8-19)23(32)30-13-11-29(12-14-30)16-18-5-3-17(15-25)4-6-18/h3-10,21H,2,11-14,16H2,1H3/t21-/m0/s1. The molecule has 0 radical (unpaired) electrons. The van der Waals surface area contributed by atoms with Crippen molar-refractivity contribution in [2.24, 2.45) is 0 Å². The molecule has 1 aliphatic heterocycles. The van der Waals surface area contributed by atoms with E-state index < -0.39 is 6.04 Å². The minimum absolute atomic E-state index is 0.0191. The number of benzene rings is 2. The first-order valence-corrected chi connectivity index (χ1v) is 11.0. The van der Waals surface area contributed by atoms with Gasteiger partial charge in [0.15, 0.2) is 6.04 Å². The smallest absolute Gasteiger partial charge is 0.249 e. The van der Waals surface area contributed by atoms with Gasteiger partial charge in [-0.25, -0.2) is 0 Å². The Morgan fingerprint density at radius 3 is 2.41 bits per heavy atom. The summed E-state index contributed by atoms with van der Waals surface area (Å²) in [7, 11) is 0. The van der Waals surface area contributed by atoms with Crippen molar-refractivity contribution >= 4 is 17.5 Å². The molecule has 1 fully saturated rings. The molecule has 32 heavy (non-hydrogen) atoms. The van der Waals surface area contributed by atoms with E-state index in [1.807, 2.05) is 48.2 Å². The molecule has 3 aromatic rings. The second kappa shape index (κ2) is 9.90. The fraction of sp³-hybridized carbons (Fsp3) is 0.348. The second-order valence-electron chi connectivity index (χ2n) is 7.77. The molecule has 0 aliphatic carbocycles. The predicted molar refractivity (Wildman–Crippen MR) is 121 cm³/mol. The molecule has 1 saturated heterocycles. The largest absolute Gasteiger partial charge is 0.338 e. The molecule has 2 aromatic carbocycles. The van der Waals surface area contributed by atoms with Crippen LogP contribution in [0, 0.1) is 11.3 Å². The summed E-state index contributed by atoms with van der Waals surface area (Å²) in [5, 5.41) is 22.3. The zero-order valence-electron chi connectivity index (χ0n) is 17.9. The number of nitriles is 1. The minimum Gasteiger partial charge on any atom is -0.338 e. The van der Waals surface area contributed by atoms with E-state index in [1.54, 1.807) is 12.1 Å². The topological polar surface area (TPSA) is 90.9 Å². The zero-order chi connectivity index (χ0) is 22.5. The molecule has 0 N–H and O–H groups in total. The van der Waals surface area contributed by atoms with Gasteiger partial charge >= 0.3 is 0 Å². The third-order valence-corrected chi connectivity index (χ3v) is 5.91. The average Bonchev–Trinajstić information content (AvgIpc) is 3.31. The van der Waals surface area contributed by atoms with Gasteiger partial charge in [-0.2, -0.15) is 10.1 Å². The monoisotopic (exact) mass is 449 g/mol. The Hall–Kier alpha value is -3.28. The molecular weight excluding hydrogens is 426 g/mol. The van der Waals surface area contributed by atoms with Gasteiger partial charge in [0, 0.05) is 43.3 Å². The molecule has 0 saturated carbocycles. The molecule has 8 nitrogen and oxygen atoms in total. The Bertz CT molecular complexity index is 1100. The number of hydrogen-bond donors (Lipinski definition) is 0. The summed E-state index contributed by atoms with van der Waals surface area (Å²) in [5.41, 5.74) is 2.63. The van der Waals surface area contributed by atoms with Crippen molar-refractivity contribution in [3.63, 3.8) is 0 Å². The van der Waals surface area contributed by atoms with Crippen LogP contribution in [0.25, 0.3) is 11.4 Å². The number of aromatic nitrogens is 4. The average molecular weight is 450 g/mol. The lowest BCUT2D eigenvalue weighted by Gasteiger charge is -2.36. The number of carbonyl (C=O) groups excluding carboxylic acids is 1. The molecule has 0 unspecified atom stereocenters. The van der Waals surface area contributed by atoms with Gasteiger partial charge in [0.25, 0.3) is 0 Å². The number of nitrogens with zero attached hydrogens (tertiary/aromatic N) is 7. The summed E-state index contributed by atoms with van der Waals surface area (Å²) in [6.07, 6.45) is 0.584. The second-order valence-corrected chi connectivity index (χ2v) is 8.21. The van der Waals surface area contributed by atoms with Crippen LogP contribution in [-0.2, 0) is 11.3 Å². The van der Waals surface area contributed by atoms with Crippen molar-refractivity contribution in [2.75, 3.05) is 26.2 Å². The first-order chi connectivity index (χ1) is 15.6. The Kier molecular flexibility index (Phi) is 6.78. The minimum atomic E-state index is -0.478. The third kappa shape index (κ3) is 4.96. The number of halogens is 1. The van der Waals surface area contributed by atoms with Gasteiger partial charge in [-0.3, -0.25) is 9.69 Å². The maximum Gasteiger partial charge on any atom is 0.249 e. The first-order valence-electron chi connectivity index (χ1n) is 10.6. The van der Waals surface area contributed by atoms with E-state index >= 15 is 0 Å². The van der Waals surface area contributed by atoms with Gasteiger partial charge in [-0.15, -0.1) is 10.2 Å². The third-order valence-electron chi connectivity index (χ3n) is 5.65. The van der Waals surface area contributed by atoms with Crippen LogP contribution in [0.5, 0.6) is 0 Å². The van der Waals surface area contributed by atoms with Crippen molar-refractivity contribution in [2.45, 2.75) is 25.9 Å². The number of hydrogen-bond acceptors (Lipinski definition) is 6. The molecule has 2 heterocycles. The normalized spacial score (nSPS) is 15.3. The Balaban J connectivity index is 1.36. The van der Waals surface area contributed by atoms with Crippen molar-refractivity contribution in [1.82, 2.24) is 30.0 Å². The molecule has 1 aliphatic rings. The summed E-state index contributed by atoms with van der Waals surface area (Å²) in [6.45, 7) is 5.66. The van der Waals surface area contributed by atoms with Crippen LogP contribution < -0.4 is 0 Å². The first kappa shape index (κ1) is 21.9. The lowest BCUT2D eigenvalue weighted by Crippen LogP contribution is -2.50. The van der Waals surface area contributed by atoms with E-state index in [9.17, 15) is 4.79 Å². The molecule has 9 heteroatoms. The lowest BCUT2D eigenvalue weighted by atomic mass is 10.1. The van der Waals surface area contributed by atoms with Crippen LogP contribution in [0.2, 0.25) is 5.02 Å². The Labute approximate surface area is 192 Å². The van der Waals surface area contributed by atoms with Gasteiger partial charge in [0.05, 0.1) is 11.6 Å². The van der Waals surface area contributed by atoms with Crippen LogP contribution in [0.4, 0.5) is 0 Å². The number of piperazine rings is 1. The highest BCUT2D eigenvalue weighted by molar-refractivity contribution is 6.30. The van der Waals surface area contributed by atoms with Crippen LogP contribution in [-0.4, -0.2) is 62.1 Å². The zero-order valence-corrected chi connectivity index (χ0v) is 18.6. The highest BCUT2D eigenvalue weighted by Gasteiger charge is 2.29. The Morgan fingerprint density at radius 2 is 1.78 bits per heavy atom. The number of amides is 1. The number of rotatable bonds is 6. The van der Waals surface area contributed by atoms with Crippen molar-refractivity contribution < 1.29 is 4.79 Å². The van der Waals surface area contributed by atoms with Gasteiger partial charge in [0.2, 0.25) is 11.7 Å². The van der Waals surface area contributed by atoms with Crippen molar-refractivity contribution in [1.29, 1.82) is 5.26 Å². The molecule has 0 spiro atoms. The SMILES string of the molecule is CC[C@@H](C(=O)N1CCN(Cc2ccc(C#N)cc2)CC1)n1nnc(-c2ccc(Cl)cc2)n1. The quantitative estimate of drug-likeness (QED) is 0.574. The molecule has 0 bridgehead atoms. The van der Waals surface area contributed by atoms with Gasteiger partial charge in [-0.05, 0) is 53.6 Å². The summed E-state index contributed by atoms with van der Waals surface area (Å²) in [6, 6.07) is 16.5. The fourth-order valence-corrected chi connectivity index (χ4v) is 3.91. The van der Waals surface area contributed by atoms with Crippen molar-refractivity contribution in [3.05, 3.63) is 64.7 Å². The summed E-state index contributed by atoms with van der Waals surface area (Å²) in [5.74, 6) is 0.491. The highest BCUT2D eigenvalue weighted by atomic mass is 35.5. The van der Waals surface area contributed by atoms with Crippen LogP contribution in [0.15, 0.2) is 48.5 Å². The van der Waals surface area contributed by atoms with E-state index in [-0.39, 0.29) is 5.91 Å². The van der Waals surface area contributed by atoms with Crippen molar-refractivity contribution in [3.8, 4) is 17.5 Å². The number of carbonyl (C=O) groups is 1. The van der Waals surface area contributed by atoms with E-state index in [0.29, 0.717) is 35.9 Å². The van der Waals surface area contributed by atoms with Crippen LogP contribution in [0.3, 0.4) is 0 Å². The number of tetrazole rings is 1. The molecule has 1 atom stereocenters. The summed E-state index contributed by atoms with van der Waals surface area (Å²) < 4.78 is 0. The lowest BCUT2D eigenvalue weighted by molar-refractivity contribution is -0.137. The molecule has 4 rings (SSSR count). The van der Waals surface area contributed by atoms with E-state index in [2.05, 4.69) is 26.4 Å². The molecule has 1 amide bonds. The van der Waals surface area contributed by atoms with Gasteiger partial charge in [-0.1, -0.05) is 30.7 Å². The molecule has 164 valence electrons. The van der Waals surface area contributed by atoms with Gasteiger partial charge in [0.1, 0.15) is 0 Å². The fourth-order valence-electron chi connectivity index (χ4n) is 3.79. The van der Waals surface area contributed by atoms with Crippen LogP contribution >= 0.6 is 11.6 Å². The van der Waals surface area contributed by atoms with E-state index in [4.69, 9.17) is 16.9 Å². The van der Waals surface area contributed by atoms with E-state index in [1.165, 1.54) is 4.80 Å². The van der Waals surface area contributed by atoms with Crippen LogP contribution in [0.1, 0.15) is 30.5 Å². The molecule has 1 aromatic heterocycles. The predicted octanol–water partition coefficient (Wildman–Crippen LogP) is 3.16. The summed E-state index contributed by atoms with van der Waals surface area (Å²) >= 11 is 5.95.